The lowest BCUT2D eigenvalue weighted by atomic mass is 10.0. The number of aromatic nitrogens is 1. The number of aryl methyl sites for hydroxylation is 2. The quantitative estimate of drug-likeness (QED) is 0.468. The molecule has 1 amide bonds. The van der Waals surface area contributed by atoms with Crippen LogP contribution in [0, 0.1) is 6.92 Å². The van der Waals surface area contributed by atoms with Gasteiger partial charge >= 0.3 is 0 Å². The zero-order valence-electron chi connectivity index (χ0n) is 17.2. The molecule has 8 nitrogen and oxygen atoms in total. The standard InChI is InChI=1S/C22H23N5O3S/c1-14-13-24-21(25-16-8-9-17-15(11-16)7-10-22(28)27-17)12-19(14)26-18-5-3-4-6-20(18)31(29,30)23-2/h3-6,8-9,11-13,23H,7,10H2,1-2H3,(H,27,28)(H2,24,25,26). The Morgan fingerprint density at radius 3 is 2.61 bits per heavy atom. The van der Waals surface area contributed by atoms with E-state index in [1.807, 2.05) is 31.2 Å². The number of anilines is 5. The van der Waals surface area contributed by atoms with Crippen LogP contribution in [0.3, 0.4) is 0 Å². The first-order chi connectivity index (χ1) is 14.9. The minimum absolute atomic E-state index is 0.0321. The first kappa shape index (κ1) is 20.8. The SMILES string of the molecule is CNS(=O)(=O)c1ccccc1Nc1cc(Nc2ccc3c(c2)CCC(=O)N3)ncc1C. The highest BCUT2D eigenvalue weighted by molar-refractivity contribution is 7.89. The van der Waals surface area contributed by atoms with Gasteiger partial charge in [-0.1, -0.05) is 12.1 Å². The maximum Gasteiger partial charge on any atom is 0.242 e. The van der Waals surface area contributed by atoms with Gasteiger partial charge in [-0.3, -0.25) is 4.79 Å². The number of hydrogen-bond acceptors (Lipinski definition) is 6. The number of carbonyl (C=O) groups excluding carboxylic acids is 1. The topological polar surface area (TPSA) is 112 Å². The van der Waals surface area contributed by atoms with E-state index < -0.39 is 10.0 Å². The molecule has 0 saturated heterocycles. The van der Waals surface area contributed by atoms with E-state index >= 15 is 0 Å². The van der Waals surface area contributed by atoms with Crippen molar-refractivity contribution in [1.29, 1.82) is 0 Å². The lowest BCUT2D eigenvalue weighted by Crippen LogP contribution is -2.19. The van der Waals surface area contributed by atoms with Gasteiger partial charge in [0, 0.05) is 35.7 Å². The van der Waals surface area contributed by atoms with Gasteiger partial charge in [-0.15, -0.1) is 0 Å². The molecule has 0 saturated carbocycles. The predicted molar refractivity (Wildman–Crippen MR) is 122 cm³/mol. The Labute approximate surface area is 181 Å². The van der Waals surface area contributed by atoms with Crippen LogP contribution in [0.2, 0.25) is 0 Å². The van der Waals surface area contributed by atoms with Gasteiger partial charge in [-0.25, -0.2) is 18.1 Å². The Bertz CT molecular complexity index is 1260. The number of sulfonamides is 1. The summed E-state index contributed by atoms with van der Waals surface area (Å²) < 4.78 is 27.0. The van der Waals surface area contributed by atoms with E-state index in [0.29, 0.717) is 24.3 Å². The fraction of sp³-hybridized carbons (Fsp3) is 0.182. The number of nitrogens with zero attached hydrogens (tertiary/aromatic N) is 1. The van der Waals surface area contributed by atoms with Gasteiger partial charge in [0.2, 0.25) is 15.9 Å². The summed E-state index contributed by atoms with van der Waals surface area (Å²) in [5.41, 5.74) is 4.85. The molecule has 1 aliphatic heterocycles. The second-order valence-electron chi connectivity index (χ2n) is 7.26. The first-order valence-corrected chi connectivity index (χ1v) is 11.3. The lowest BCUT2D eigenvalue weighted by Gasteiger charge is -2.18. The van der Waals surface area contributed by atoms with Crippen molar-refractivity contribution < 1.29 is 13.2 Å². The Morgan fingerprint density at radius 2 is 1.81 bits per heavy atom. The molecule has 2 aromatic carbocycles. The number of fused-ring (bicyclic) bond motifs is 1. The minimum Gasteiger partial charge on any atom is -0.354 e. The molecule has 1 aliphatic rings. The molecule has 2 heterocycles. The van der Waals surface area contributed by atoms with Gasteiger partial charge in [0.25, 0.3) is 0 Å². The Hall–Kier alpha value is -3.43. The normalized spacial score (nSPS) is 13.3. The van der Waals surface area contributed by atoms with Gasteiger partial charge in [0.05, 0.1) is 5.69 Å². The fourth-order valence-electron chi connectivity index (χ4n) is 3.40. The van der Waals surface area contributed by atoms with Crippen molar-refractivity contribution in [2.24, 2.45) is 0 Å². The van der Waals surface area contributed by atoms with E-state index in [4.69, 9.17) is 0 Å². The second kappa shape index (κ2) is 8.37. The molecule has 1 aromatic heterocycles. The van der Waals surface area contributed by atoms with E-state index in [1.165, 1.54) is 7.05 Å². The summed E-state index contributed by atoms with van der Waals surface area (Å²) in [7, 11) is -2.22. The summed E-state index contributed by atoms with van der Waals surface area (Å²) in [6.07, 6.45) is 2.89. The number of benzene rings is 2. The monoisotopic (exact) mass is 437 g/mol. The Kier molecular flexibility index (Phi) is 5.62. The van der Waals surface area contributed by atoms with Crippen molar-refractivity contribution in [3.63, 3.8) is 0 Å². The number of amides is 1. The second-order valence-corrected chi connectivity index (χ2v) is 9.11. The molecule has 0 bridgehead atoms. The molecule has 4 N–H and O–H groups in total. The van der Waals surface area contributed by atoms with Crippen molar-refractivity contribution in [2.75, 3.05) is 23.0 Å². The third kappa shape index (κ3) is 4.52. The zero-order chi connectivity index (χ0) is 22.0. The van der Waals surface area contributed by atoms with Crippen LogP contribution < -0.4 is 20.7 Å². The zero-order valence-corrected chi connectivity index (χ0v) is 18.0. The van der Waals surface area contributed by atoms with E-state index in [1.54, 1.807) is 30.5 Å². The molecular weight excluding hydrogens is 414 g/mol. The summed E-state index contributed by atoms with van der Waals surface area (Å²) in [4.78, 5) is 16.1. The lowest BCUT2D eigenvalue weighted by molar-refractivity contribution is -0.116. The largest absolute Gasteiger partial charge is 0.354 e. The van der Waals surface area contributed by atoms with Crippen LogP contribution in [-0.4, -0.2) is 26.4 Å². The molecular formula is C22H23N5O3S. The summed E-state index contributed by atoms with van der Waals surface area (Å²) in [5, 5.41) is 9.37. The highest BCUT2D eigenvalue weighted by atomic mass is 32.2. The molecule has 0 aliphatic carbocycles. The molecule has 9 heteroatoms. The van der Waals surface area contributed by atoms with Crippen LogP contribution in [0.25, 0.3) is 0 Å². The maximum absolute atomic E-state index is 12.3. The number of nitrogens with one attached hydrogen (secondary N) is 4. The number of carbonyl (C=O) groups is 1. The van der Waals surface area contributed by atoms with Crippen LogP contribution in [-0.2, 0) is 21.2 Å². The molecule has 4 rings (SSSR count). The molecule has 31 heavy (non-hydrogen) atoms. The van der Waals surface area contributed by atoms with Crippen molar-refractivity contribution >= 4 is 44.5 Å². The summed E-state index contributed by atoms with van der Waals surface area (Å²) in [6, 6.07) is 14.3. The summed E-state index contributed by atoms with van der Waals surface area (Å²) in [5.74, 6) is 0.645. The van der Waals surface area contributed by atoms with Gasteiger partial charge < -0.3 is 16.0 Å². The van der Waals surface area contributed by atoms with E-state index in [-0.39, 0.29) is 10.8 Å². The fourth-order valence-corrected chi connectivity index (χ4v) is 4.28. The average molecular weight is 438 g/mol. The van der Waals surface area contributed by atoms with Crippen LogP contribution >= 0.6 is 0 Å². The summed E-state index contributed by atoms with van der Waals surface area (Å²) in [6.45, 7) is 1.90. The molecule has 0 radical (unpaired) electrons. The molecule has 0 unspecified atom stereocenters. The first-order valence-electron chi connectivity index (χ1n) is 9.82. The molecule has 160 valence electrons. The molecule has 0 fully saturated rings. The smallest absolute Gasteiger partial charge is 0.242 e. The van der Waals surface area contributed by atoms with Gasteiger partial charge in [0.1, 0.15) is 10.7 Å². The third-order valence-corrected chi connectivity index (χ3v) is 6.56. The van der Waals surface area contributed by atoms with E-state index in [9.17, 15) is 13.2 Å². The van der Waals surface area contributed by atoms with Crippen molar-refractivity contribution in [3.8, 4) is 0 Å². The minimum atomic E-state index is -3.61. The number of para-hydroxylation sites is 1. The predicted octanol–water partition coefficient (Wildman–Crippen LogP) is 3.67. The highest BCUT2D eigenvalue weighted by Gasteiger charge is 2.17. The number of hydrogen-bond donors (Lipinski definition) is 4. The molecule has 0 atom stereocenters. The van der Waals surface area contributed by atoms with Crippen molar-refractivity contribution in [2.45, 2.75) is 24.7 Å². The van der Waals surface area contributed by atoms with Gasteiger partial charge in [-0.05, 0) is 61.9 Å². The molecule has 0 spiro atoms. The third-order valence-electron chi connectivity index (χ3n) is 5.09. The Morgan fingerprint density at radius 1 is 1.00 bits per heavy atom. The molecule has 3 aromatic rings. The van der Waals surface area contributed by atoms with E-state index in [2.05, 4.69) is 25.7 Å². The summed E-state index contributed by atoms with van der Waals surface area (Å²) >= 11 is 0. The van der Waals surface area contributed by atoms with Crippen LogP contribution in [0.1, 0.15) is 17.5 Å². The number of pyridine rings is 1. The van der Waals surface area contributed by atoms with Crippen molar-refractivity contribution in [3.05, 3.63) is 65.9 Å². The van der Waals surface area contributed by atoms with Crippen molar-refractivity contribution in [1.82, 2.24) is 9.71 Å². The number of rotatable bonds is 6. The van der Waals surface area contributed by atoms with Gasteiger partial charge in [0.15, 0.2) is 0 Å². The average Bonchev–Trinajstić information content (AvgIpc) is 2.76. The van der Waals surface area contributed by atoms with E-state index in [0.717, 1.165) is 28.2 Å². The van der Waals surface area contributed by atoms with Gasteiger partial charge in [-0.2, -0.15) is 0 Å². The highest BCUT2D eigenvalue weighted by Crippen LogP contribution is 2.30. The maximum atomic E-state index is 12.3. The van der Waals surface area contributed by atoms with Crippen LogP contribution in [0.5, 0.6) is 0 Å². The van der Waals surface area contributed by atoms with Crippen LogP contribution in [0.4, 0.5) is 28.6 Å². The van der Waals surface area contributed by atoms with Crippen LogP contribution in [0.15, 0.2) is 59.6 Å². The Balaban J connectivity index is 1.60.